The summed E-state index contributed by atoms with van der Waals surface area (Å²) < 4.78 is 35.0. The number of aryl methyl sites for hydroxylation is 1. The van der Waals surface area contributed by atoms with Gasteiger partial charge < -0.3 is 19.9 Å². The van der Waals surface area contributed by atoms with Crippen molar-refractivity contribution in [2.75, 3.05) is 41.2 Å². The summed E-state index contributed by atoms with van der Waals surface area (Å²) in [6.07, 6.45) is 3.45. The van der Waals surface area contributed by atoms with Gasteiger partial charge in [0.2, 0.25) is 15.9 Å². The van der Waals surface area contributed by atoms with E-state index in [2.05, 4.69) is 24.9 Å². The molecule has 4 aromatic rings. The number of thiazole rings is 1. The van der Waals surface area contributed by atoms with Gasteiger partial charge in [0.25, 0.3) is 0 Å². The van der Waals surface area contributed by atoms with Gasteiger partial charge in [0, 0.05) is 42.3 Å². The maximum absolute atomic E-state index is 13.5. The van der Waals surface area contributed by atoms with E-state index in [4.69, 9.17) is 4.74 Å². The summed E-state index contributed by atoms with van der Waals surface area (Å²) in [6.45, 7) is 4.68. The molecule has 2 aromatic heterocycles. The molecular formula is C25H27N5O4S2. The Balaban J connectivity index is 1.41. The Morgan fingerprint density at radius 1 is 1.17 bits per heavy atom. The Morgan fingerprint density at radius 2 is 1.92 bits per heavy atom. The van der Waals surface area contributed by atoms with Gasteiger partial charge in [-0.2, -0.15) is 0 Å². The van der Waals surface area contributed by atoms with E-state index in [1.54, 1.807) is 24.5 Å². The first kappa shape index (κ1) is 24.3. The number of H-pyrrole nitrogens is 1. The van der Waals surface area contributed by atoms with Gasteiger partial charge in [0.15, 0.2) is 10.4 Å². The minimum Gasteiger partial charge on any atom is -0.378 e. The normalized spacial score (nSPS) is 15.1. The molecule has 188 valence electrons. The zero-order valence-electron chi connectivity index (χ0n) is 19.7. The highest BCUT2D eigenvalue weighted by Crippen LogP contribution is 2.29. The molecule has 0 saturated carbocycles. The average Bonchev–Trinajstić information content (AvgIpc) is 3.51. The highest BCUT2D eigenvalue weighted by Gasteiger charge is 2.34. The SMILES string of the molecule is Cc1ccc(NS(=O)(=O)[C@@H](Cc2c[nH]c3ccccc23)C(=O)Nc2ncc(N3CCOCC3)s2)cc1. The van der Waals surface area contributed by atoms with Crippen molar-refractivity contribution in [1.29, 1.82) is 0 Å². The largest absolute Gasteiger partial charge is 0.378 e. The number of sulfonamides is 1. The van der Waals surface area contributed by atoms with Crippen LogP contribution < -0.4 is 14.9 Å². The van der Waals surface area contributed by atoms with Gasteiger partial charge in [-0.3, -0.25) is 9.52 Å². The van der Waals surface area contributed by atoms with E-state index >= 15 is 0 Å². The molecule has 1 fully saturated rings. The van der Waals surface area contributed by atoms with Gasteiger partial charge in [0.05, 0.1) is 19.4 Å². The standard InChI is InChI=1S/C25H27N5O4S2/c1-17-6-8-19(9-7-17)29-36(32,33)22(14-18-15-26-21-5-3-2-4-20(18)21)24(31)28-25-27-16-23(35-25)30-10-12-34-13-11-30/h2-9,15-16,22,26,29H,10-14H2,1H3,(H,27,28,31)/t22-/m0/s1. The molecule has 1 aliphatic rings. The first-order valence-corrected chi connectivity index (χ1v) is 14.0. The van der Waals surface area contributed by atoms with E-state index in [1.807, 2.05) is 43.3 Å². The van der Waals surface area contributed by atoms with Crippen molar-refractivity contribution >= 4 is 54.0 Å². The third-order valence-corrected chi connectivity index (χ3v) is 8.73. The predicted octanol–water partition coefficient (Wildman–Crippen LogP) is 3.76. The fourth-order valence-corrected chi connectivity index (χ4v) is 6.36. The van der Waals surface area contributed by atoms with Crippen molar-refractivity contribution in [3.05, 3.63) is 72.1 Å². The van der Waals surface area contributed by atoms with Crippen LogP contribution in [0.3, 0.4) is 0 Å². The molecule has 1 amide bonds. The monoisotopic (exact) mass is 525 g/mol. The van der Waals surface area contributed by atoms with Crippen LogP contribution in [0.25, 0.3) is 10.9 Å². The predicted molar refractivity (Wildman–Crippen MR) is 143 cm³/mol. The highest BCUT2D eigenvalue weighted by atomic mass is 32.2. The Labute approximate surface area is 213 Å². The maximum Gasteiger partial charge on any atom is 0.246 e. The molecule has 9 nitrogen and oxygen atoms in total. The molecule has 1 saturated heterocycles. The van der Waals surface area contributed by atoms with Crippen LogP contribution in [-0.2, 0) is 26.0 Å². The summed E-state index contributed by atoms with van der Waals surface area (Å²) in [7, 11) is -4.09. The van der Waals surface area contributed by atoms with Crippen molar-refractivity contribution < 1.29 is 17.9 Å². The van der Waals surface area contributed by atoms with Crippen LogP contribution >= 0.6 is 11.3 Å². The number of carbonyl (C=O) groups excluding carboxylic acids is 1. The number of nitrogens with one attached hydrogen (secondary N) is 3. The molecule has 2 aromatic carbocycles. The van der Waals surface area contributed by atoms with Crippen molar-refractivity contribution in [3.63, 3.8) is 0 Å². The van der Waals surface area contributed by atoms with E-state index in [1.165, 1.54) is 11.3 Å². The number of benzene rings is 2. The zero-order chi connectivity index (χ0) is 25.1. The molecule has 3 N–H and O–H groups in total. The van der Waals surface area contributed by atoms with Crippen molar-refractivity contribution in [2.45, 2.75) is 18.6 Å². The molecule has 0 radical (unpaired) electrons. The second-order valence-electron chi connectivity index (χ2n) is 8.66. The molecule has 0 unspecified atom stereocenters. The topological polar surface area (TPSA) is 116 Å². The quantitative estimate of drug-likeness (QED) is 0.323. The Morgan fingerprint density at radius 3 is 2.69 bits per heavy atom. The fraction of sp³-hybridized carbons (Fsp3) is 0.280. The van der Waals surface area contributed by atoms with Crippen LogP contribution in [0.4, 0.5) is 15.8 Å². The van der Waals surface area contributed by atoms with E-state index < -0.39 is 21.2 Å². The molecule has 1 atom stereocenters. The Kier molecular flexibility index (Phi) is 6.95. The number of hydrogen-bond donors (Lipinski definition) is 3. The number of morpholine rings is 1. The first-order chi connectivity index (χ1) is 17.4. The van der Waals surface area contributed by atoms with Crippen LogP contribution in [-0.4, -0.2) is 55.8 Å². The molecule has 3 heterocycles. The smallest absolute Gasteiger partial charge is 0.246 e. The Bertz CT molecular complexity index is 1460. The van der Waals surface area contributed by atoms with Crippen LogP contribution in [0.2, 0.25) is 0 Å². The number of para-hydroxylation sites is 1. The fourth-order valence-electron chi connectivity index (χ4n) is 4.14. The van der Waals surface area contributed by atoms with Gasteiger partial charge in [-0.25, -0.2) is 13.4 Å². The number of nitrogens with zero attached hydrogens (tertiary/aromatic N) is 2. The number of anilines is 3. The summed E-state index contributed by atoms with van der Waals surface area (Å²) in [4.78, 5) is 23.1. The van der Waals surface area contributed by atoms with Crippen LogP contribution in [0.5, 0.6) is 0 Å². The number of aromatic nitrogens is 2. The Hall–Kier alpha value is -3.41. The lowest BCUT2D eigenvalue weighted by atomic mass is 10.1. The van der Waals surface area contributed by atoms with E-state index in [9.17, 15) is 13.2 Å². The van der Waals surface area contributed by atoms with Crippen molar-refractivity contribution in [3.8, 4) is 0 Å². The second-order valence-corrected chi connectivity index (χ2v) is 11.5. The van der Waals surface area contributed by atoms with E-state index in [0.29, 0.717) is 24.0 Å². The van der Waals surface area contributed by atoms with Crippen molar-refractivity contribution in [1.82, 2.24) is 9.97 Å². The molecular weight excluding hydrogens is 498 g/mol. The molecule has 0 spiro atoms. The lowest BCUT2D eigenvalue weighted by Gasteiger charge is -2.26. The third kappa shape index (κ3) is 5.38. The highest BCUT2D eigenvalue weighted by molar-refractivity contribution is 7.94. The molecule has 0 aliphatic carbocycles. The third-order valence-electron chi connectivity index (χ3n) is 6.11. The maximum atomic E-state index is 13.5. The lowest BCUT2D eigenvalue weighted by Crippen LogP contribution is -2.40. The number of amides is 1. The number of hydrogen-bond acceptors (Lipinski definition) is 7. The second kappa shape index (κ2) is 10.3. The number of carbonyl (C=O) groups is 1. The summed E-state index contributed by atoms with van der Waals surface area (Å²) in [5.41, 5.74) is 3.03. The lowest BCUT2D eigenvalue weighted by molar-refractivity contribution is -0.115. The molecule has 1 aliphatic heterocycles. The van der Waals surface area contributed by atoms with Gasteiger partial charge in [0.1, 0.15) is 5.00 Å². The van der Waals surface area contributed by atoms with Gasteiger partial charge >= 0.3 is 0 Å². The first-order valence-electron chi connectivity index (χ1n) is 11.6. The number of rotatable bonds is 8. The van der Waals surface area contributed by atoms with Crippen LogP contribution in [0, 0.1) is 6.92 Å². The summed E-state index contributed by atoms with van der Waals surface area (Å²) >= 11 is 1.32. The number of ether oxygens (including phenoxy) is 1. The summed E-state index contributed by atoms with van der Waals surface area (Å²) in [5.74, 6) is -0.636. The summed E-state index contributed by atoms with van der Waals surface area (Å²) in [6, 6.07) is 14.6. The molecule has 36 heavy (non-hydrogen) atoms. The van der Waals surface area contributed by atoms with Crippen molar-refractivity contribution in [2.24, 2.45) is 0 Å². The molecule has 0 bridgehead atoms. The number of fused-ring (bicyclic) bond motifs is 1. The zero-order valence-corrected chi connectivity index (χ0v) is 21.4. The van der Waals surface area contributed by atoms with E-state index in [-0.39, 0.29) is 6.42 Å². The molecule has 11 heteroatoms. The van der Waals surface area contributed by atoms with Gasteiger partial charge in [-0.05, 0) is 30.7 Å². The summed E-state index contributed by atoms with van der Waals surface area (Å²) in [5, 5.41) is 3.51. The average molecular weight is 526 g/mol. The van der Waals surface area contributed by atoms with Crippen LogP contribution in [0.1, 0.15) is 11.1 Å². The number of aromatic amines is 1. The van der Waals surface area contributed by atoms with E-state index in [0.717, 1.165) is 40.1 Å². The van der Waals surface area contributed by atoms with Gasteiger partial charge in [-0.1, -0.05) is 47.2 Å². The minimum absolute atomic E-state index is 0.00125. The molecule has 5 rings (SSSR count). The van der Waals surface area contributed by atoms with Gasteiger partial charge in [-0.15, -0.1) is 0 Å². The van der Waals surface area contributed by atoms with Crippen LogP contribution in [0.15, 0.2) is 60.9 Å². The minimum atomic E-state index is -4.09.